The van der Waals surface area contributed by atoms with Crippen LogP contribution >= 0.6 is 11.6 Å². The summed E-state index contributed by atoms with van der Waals surface area (Å²) in [6.07, 6.45) is 1.77. The van der Waals surface area contributed by atoms with Gasteiger partial charge in [0.25, 0.3) is 5.91 Å². The van der Waals surface area contributed by atoms with E-state index in [0.717, 1.165) is 10.9 Å². The Morgan fingerprint density at radius 1 is 0.944 bits per heavy atom. The Balaban J connectivity index is 2.16. The van der Waals surface area contributed by atoms with Crippen molar-refractivity contribution >= 4 is 28.4 Å². The number of hydrogen-bond donors (Lipinski definition) is 0. The summed E-state index contributed by atoms with van der Waals surface area (Å²) >= 11 is 6.05. The van der Waals surface area contributed by atoms with Crippen LogP contribution in [0, 0.1) is 0 Å². The maximum Gasteiger partial charge on any atom is 0.263 e. The van der Waals surface area contributed by atoms with Crippen molar-refractivity contribution in [2.45, 2.75) is 0 Å². The van der Waals surface area contributed by atoms with Crippen molar-refractivity contribution in [2.24, 2.45) is 0 Å². The SMILES string of the molecule is O=C(c1ccccc1Cl)n1ccc2ccccc21. The van der Waals surface area contributed by atoms with Gasteiger partial charge in [-0.15, -0.1) is 0 Å². The second-order valence-corrected chi connectivity index (χ2v) is 4.44. The number of para-hydroxylation sites is 1. The van der Waals surface area contributed by atoms with Gasteiger partial charge in [-0.2, -0.15) is 0 Å². The first kappa shape index (κ1) is 11.1. The number of fused-ring (bicyclic) bond motifs is 1. The zero-order valence-electron chi connectivity index (χ0n) is 9.51. The Morgan fingerprint density at radius 3 is 2.50 bits per heavy atom. The third-order valence-electron chi connectivity index (χ3n) is 2.92. The summed E-state index contributed by atoms with van der Waals surface area (Å²) in [6, 6.07) is 16.8. The van der Waals surface area contributed by atoms with Crippen LogP contribution in [0.15, 0.2) is 60.8 Å². The van der Waals surface area contributed by atoms with Crippen molar-refractivity contribution in [1.82, 2.24) is 4.57 Å². The average molecular weight is 256 g/mol. The van der Waals surface area contributed by atoms with Crippen LogP contribution in [0.4, 0.5) is 0 Å². The third kappa shape index (κ3) is 1.71. The Morgan fingerprint density at radius 2 is 1.67 bits per heavy atom. The molecule has 0 amide bonds. The zero-order chi connectivity index (χ0) is 12.5. The van der Waals surface area contributed by atoms with Gasteiger partial charge < -0.3 is 0 Å². The minimum Gasteiger partial charge on any atom is -0.283 e. The lowest BCUT2D eigenvalue weighted by Crippen LogP contribution is -2.10. The van der Waals surface area contributed by atoms with Crippen molar-refractivity contribution in [3.8, 4) is 0 Å². The quantitative estimate of drug-likeness (QED) is 0.645. The van der Waals surface area contributed by atoms with Crippen molar-refractivity contribution in [3.05, 3.63) is 71.4 Å². The molecule has 3 aromatic rings. The molecule has 0 saturated carbocycles. The van der Waals surface area contributed by atoms with E-state index in [1.165, 1.54) is 0 Å². The molecule has 1 heterocycles. The fourth-order valence-corrected chi connectivity index (χ4v) is 2.24. The minimum atomic E-state index is -0.109. The summed E-state index contributed by atoms with van der Waals surface area (Å²) in [7, 11) is 0. The van der Waals surface area contributed by atoms with Crippen molar-refractivity contribution in [1.29, 1.82) is 0 Å². The van der Waals surface area contributed by atoms with E-state index in [-0.39, 0.29) is 5.91 Å². The molecule has 0 bridgehead atoms. The number of aromatic nitrogens is 1. The second-order valence-electron chi connectivity index (χ2n) is 4.03. The first-order valence-corrected chi connectivity index (χ1v) is 6.00. The lowest BCUT2D eigenvalue weighted by molar-refractivity contribution is 0.0965. The van der Waals surface area contributed by atoms with Crippen LogP contribution in [0.2, 0.25) is 5.02 Å². The lowest BCUT2D eigenvalue weighted by atomic mass is 10.2. The average Bonchev–Trinajstić information content (AvgIpc) is 2.82. The van der Waals surface area contributed by atoms with Gasteiger partial charge in [-0.3, -0.25) is 9.36 Å². The fraction of sp³-hybridized carbons (Fsp3) is 0. The number of hydrogen-bond acceptors (Lipinski definition) is 1. The molecular formula is C15H10ClNO. The topological polar surface area (TPSA) is 22.0 Å². The van der Waals surface area contributed by atoms with E-state index in [2.05, 4.69) is 0 Å². The number of rotatable bonds is 1. The highest BCUT2D eigenvalue weighted by atomic mass is 35.5. The van der Waals surface area contributed by atoms with Gasteiger partial charge in [0.2, 0.25) is 0 Å². The smallest absolute Gasteiger partial charge is 0.263 e. The minimum absolute atomic E-state index is 0.109. The van der Waals surface area contributed by atoms with Gasteiger partial charge in [0.15, 0.2) is 0 Å². The van der Waals surface area contributed by atoms with Crippen molar-refractivity contribution in [2.75, 3.05) is 0 Å². The molecule has 0 atom stereocenters. The number of halogens is 1. The Labute approximate surface area is 109 Å². The summed E-state index contributed by atoms with van der Waals surface area (Å²) in [4.78, 5) is 12.4. The van der Waals surface area contributed by atoms with Gasteiger partial charge in [-0.05, 0) is 24.3 Å². The highest BCUT2D eigenvalue weighted by Crippen LogP contribution is 2.20. The Bertz CT molecular complexity index is 730. The molecule has 0 N–H and O–H groups in total. The number of carbonyl (C=O) groups excluding carboxylic acids is 1. The molecule has 0 aliphatic heterocycles. The Kier molecular flexibility index (Phi) is 2.65. The molecule has 18 heavy (non-hydrogen) atoms. The van der Waals surface area contributed by atoms with E-state index < -0.39 is 0 Å². The molecule has 1 aromatic heterocycles. The maximum atomic E-state index is 12.4. The van der Waals surface area contributed by atoms with E-state index in [0.29, 0.717) is 10.6 Å². The number of carbonyl (C=O) groups is 1. The third-order valence-corrected chi connectivity index (χ3v) is 3.25. The van der Waals surface area contributed by atoms with Crippen LogP contribution < -0.4 is 0 Å². The second kappa shape index (κ2) is 4.31. The van der Waals surface area contributed by atoms with Gasteiger partial charge >= 0.3 is 0 Å². The Hall–Kier alpha value is -2.06. The van der Waals surface area contributed by atoms with E-state index in [9.17, 15) is 4.79 Å². The normalized spacial score (nSPS) is 10.7. The molecule has 2 nitrogen and oxygen atoms in total. The highest BCUT2D eigenvalue weighted by Gasteiger charge is 2.13. The van der Waals surface area contributed by atoms with Crippen LogP contribution in [0.3, 0.4) is 0 Å². The molecule has 0 fully saturated rings. The molecule has 2 aromatic carbocycles. The molecule has 3 heteroatoms. The summed E-state index contributed by atoms with van der Waals surface area (Å²) in [5.74, 6) is -0.109. The number of nitrogens with zero attached hydrogens (tertiary/aromatic N) is 1. The molecule has 0 aliphatic carbocycles. The molecule has 0 radical (unpaired) electrons. The predicted molar refractivity (Wildman–Crippen MR) is 73.1 cm³/mol. The van der Waals surface area contributed by atoms with E-state index >= 15 is 0 Å². The molecule has 0 spiro atoms. The van der Waals surface area contributed by atoms with Crippen molar-refractivity contribution < 1.29 is 4.79 Å². The standard InChI is InChI=1S/C15H10ClNO/c16-13-7-3-2-6-12(13)15(18)17-10-9-11-5-1-4-8-14(11)17/h1-10H. The molecular weight excluding hydrogens is 246 g/mol. The van der Waals surface area contributed by atoms with Gasteiger partial charge in [-0.25, -0.2) is 0 Å². The number of benzene rings is 2. The maximum absolute atomic E-state index is 12.4. The predicted octanol–water partition coefficient (Wildman–Crippen LogP) is 3.98. The van der Waals surface area contributed by atoms with Crippen molar-refractivity contribution in [3.63, 3.8) is 0 Å². The van der Waals surface area contributed by atoms with E-state index in [4.69, 9.17) is 11.6 Å². The van der Waals surface area contributed by atoms with Gasteiger partial charge in [0.05, 0.1) is 16.1 Å². The fourth-order valence-electron chi connectivity index (χ4n) is 2.02. The van der Waals surface area contributed by atoms with E-state index in [1.54, 1.807) is 22.9 Å². The molecule has 0 unspecified atom stereocenters. The summed E-state index contributed by atoms with van der Waals surface area (Å²) in [6.45, 7) is 0. The van der Waals surface area contributed by atoms with Gasteiger partial charge in [-0.1, -0.05) is 41.9 Å². The molecule has 0 saturated heterocycles. The van der Waals surface area contributed by atoms with E-state index in [1.807, 2.05) is 42.5 Å². The lowest BCUT2D eigenvalue weighted by Gasteiger charge is -2.05. The zero-order valence-corrected chi connectivity index (χ0v) is 10.3. The summed E-state index contributed by atoms with van der Waals surface area (Å²) in [5, 5.41) is 1.51. The van der Waals surface area contributed by atoms with Gasteiger partial charge in [0.1, 0.15) is 0 Å². The summed E-state index contributed by atoms with van der Waals surface area (Å²) in [5.41, 5.74) is 1.41. The molecule has 88 valence electrons. The van der Waals surface area contributed by atoms with Crippen LogP contribution in [-0.4, -0.2) is 10.5 Å². The van der Waals surface area contributed by atoms with Crippen LogP contribution in [0.5, 0.6) is 0 Å². The van der Waals surface area contributed by atoms with Gasteiger partial charge in [0, 0.05) is 11.6 Å². The highest BCUT2D eigenvalue weighted by molar-refractivity contribution is 6.34. The first-order chi connectivity index (χ1) is 8.77. The van der Waals surface area contributed by atoms with Crippen LogP contribution in [-0.2, 0) is 0 Å². The van der Waals surface area contributed by atoms with Crippen LogP contribution in [0.25, 0.3) is 10.9 Å². The molecule has 3 rings (SSSR count). The van der Waals surface area contributed by atoms with Crippen LogP contribution in [0.1, 0.15) is 10.4 Å². The molecule has 0 aliphatic rings. The monoisotopic (exact) mass is 255 g/mol. The largest absolute Gasteiger partial charge is 0.283 e. The first-order valence-electron chi connectivity index (χ1n) is 5.63. The summed E-state index contributed by atoms with van der Waals surface area (Å²) < 4.78 is 1.62.